The third-order valence-electron chi connectivity index (χ3n) is 4.67. The van der Waals surface area contributed by atoms with E-state index in [1.807, 2.05) is 37.4 Å². The molecule has 2 heterocycles. The number of H-pyrrole nitrogens is 1. The van der Waals surface area contributed by atoms with E-state index in [0.717, 1.165) is 36.5 Å². The Bertz CT molecular complexity index is 823. The number of aromatic nitrogens is 1. The minimum atomic E-state index is -0.282. The number of benzene rings is 1. The van der Waals surface area contributed by atoms with Crippen molar-refractivity contribution in [3.8, 4) is 0 Å². The predicted octanol–water partition coefficient (Wildman–Crippen LogP) is 2.35. The van der Waals surface area contributed by atoms with Crippen molar-refractivity contribution >= 4 is 17.3 Å². The van der Waals surface area contributed by atoms with Crippen molar-refractivity contribution in [1.29, 1.82) is 0 Å². The Morgan fingerprint density at radius 1 is 1.09 bits per heavy atom. The zero-order valence-electron chi connectivity index (χ0n) is 13.1. The van der Waals surface area contributed by atoms with Crippen molar-refractivity contribution in [2.45, 2.75) is 18.8 Å². The summed E-state index contributed by atoms with van der Waals surface area (Å²) in [6.07, 6.45) is 2.24. The van der Waals surface area contributed by atoms with E-state index in [9.17, 15) is 9.59 Å². The van der Waals surface area contributed by atoms with Crippen molar-refractivity contribution in [1.82, 2.24) is 4.98 Å². The summed E-state index contributed by atoms with van der Waals surface area (Å²) in [5, 5.41) is 0. The molecule has 2 aromatic rings. The van der Waals surface area contributed by atoms with E-state index in [4.69, 9.17) is 0 Å². The van der Waals surface area contributed by atoms with Crippen LogP contribution < -0.4 is 15.4 Å². The number of nitrogens with zero attached hydrogens (tertiary/aromatic N) is 2. The maximum absolute atomic E-state index is 12.9. The summed E-state index contributed by atoms with van der Waals surface area (Å²) in [4.78, 5) is 31.9. The number of anilines is 2. The van der Waals surface area contributed by atoms with E-state index in [1.165, 1.54) is 0 Å². The number of hydrogen-bond acceptors (Lipinski definition) is 3. The molecule has 0 radical (unpaired) electrons. The number of aromatic amines is 1. The molecule has 0 atom stereocenters. The predicted molar refractivity (Wildman–Crippen MR) is 90.4 cm³/mol. The zero-order valence-corrected chi connectivity index (χ0v) is 13.1. The van der Waals surface area contributed by atoms with Gasteiger partial charge in [-0.15, -0.1) is 0 Å². The molecule has 1 N–H and O–H groups in total. The summed E-state index contributed by atoms with van der Waals surface area (Å²) < 4.78 is 0. The van der Waals surface area contributed by atoms with Crippen LogP contribution >= 0.6 is 0 Å². The number of para-hydroxylation sites is 2. The van der Waals surface area contributed by atoms with E-state index in [-0.39, 0.29) is 17.0 Å². The van der Waals surface area contributed by atoms with E-state index >= 15 is 0 Å². The molecule has 1 aliphatic carbocycles. The highest BCUT2D eigenvalue weighted by molar-refractivity contribution is 6.08. The van der Waals surface area contributed by atoms with Gasteiger partial charge in [0.15, 0.2) is 0 Å². The van der Waals surface area contributed by atoms with E-state index in [0.29, 0.717) is 12.5 Å². The van der Waals surface area contributed by atoms with Crippen LogP contribution in [0.2, 0.25) is 0 Å². The Hall–Kier alpha value is -2.56. The average molecular weight is 309 g/mol. The Morgan fingerprint density at radius 2 is 1.83 bits per heavy atom. The lowest BCUT2D eigenvalue weighted by Crippen LogP contribution is -2.44. The van der Waals surface area contributed by atoms with Gasteiger partial charge in [-0.25, -0.2) is 0 Å². The number of hydrogen-bond donors (Lipinski definition) is 1. The number of carbonyl (C=O) groups excluding carboxylic acids is 1. The molecule has 1 aromatic carbocycles. The molecule has 1 aliphatic heterocycles. The normalized spacial score (nSPS) is 17.1. The molecule has 1 fully saturated rings. The minimum Gasteiger partial charge on any atom is -0.371 e. The van der Waals surface area contributed by atoms with Crippen LogP contribution in [-0.2, 0) is 0 Å². The molecule has 0 saturated heterocycles. The fourth-order valence-electron chi connectivity index (χ4n) is 3.15. The molecule has 1 saturated carbocycles. The van der Waals surface area contributed by atoms with Crippen LogP contribution in [-0.4, -0.2) is 31.0 Å². The number of rotatable bonds is 2. The van der Waals surface area contributed by atoms with Gasteiger partial charge in [-0.1, -0.05) is 12.1 Å². The van der Waals surface area contributed by atoms with Crippen molar-refractivity contribution in [2.24, 2.45) is 0 Å². The summed E-state index contributed by atoms with van der Waals surface area (Å²) >= 11 is 0. The fourth-order valence-corrected chi connectivity index (χ4v) is 3.15. The molecule has 23 heavy (non-hydrogen) atoms. The highest BCUT2D eigenvalue weighted by Gasteiger charge is 2.29. The summed E-state index contributed by atoms with van der Waals surface area (Å²) in [5.41, 5.74) is 2.75. The van der Waals surface area contributed by atoms with Gasteiger partial charge in [0.25, 0.3) is 11.5 Å². The Kier molecular flexibility index (Phi) is 3.22. The molecule has 1 aromatic heterocycles. The quantitative estimate of drug-likeness (QED) is 0.926. The first-order chi connectivity index (χ1) is 11.1. The van der Waals surface area contributed by atoms with Gasteiger partial charge in [-0.05, 0) is 43.0 Å². The second-order valence-electron chi connectivity index (χ2n) is 6.30. The third kappa shape index (κ3) is 2.42. The van der Waals surface area contributed by atoms with Gasteiger partial charge in [0.2, 0.25) is 0 Å². The highest BCUT2D eigenvalue weighted by Crippen LogP contribution is 2.38. The molecule has 0 unspecified atom stereocenters. The van der Waals surface area contributed by atoms with Crippen LogP contribution in [0.25, 0.3) is 0 Å². The van der Waals surface area contributed by atoms with Gasteiger partial charge in [-0.2, -0.15) is 0 Å². The molecule has 5 nitrogen and oxygen atoms in total. The number of amides is 1. The summed E-state index contributed by atoms with van der Waals surface area (Å²) in [5.74, 6) is 0.241. The van der Waals surface area contributed by atoms with Gasteiger partial charge >= 0.3 is 0 Å². The molecule has 5 heteroatoms. The van der Waals surface area contributed by atoms with Gasteiger partial charge < -0.3 is 14.8 Å². The molecule has 0 spiro atoms. The Morgan fingerprint density at radius 3 is 2.52 bits per heavy atom. The zero-order chi connectivity index (χ0) is 16.0. The van der Waals surface area contributed by atoms with Gasteiger partial charge in [-0.3, -0.25) is 9.59 Å². The minimum absolute atomic E-state index is 0.216. The Labute approximate surface area is 134 Å². The molecular weight excluding hydrogens is 290 g/mol. The maximum Gasteiger partial charge on any atom is 0.263 e. The second-order valence-corrected chi connectivity index (χ2v) is 6.30. The number of likely N-dealkylation sites (N-methyl/N-ethyl adjacent to an activating group) is 1. The first-order valence-electron chi connectivity index (χ1n) is 8.00. The first-order valence-corrected chi connectivity index (χ1v) is 8.00. The van der Waals surface area contributed by atoms with E-state index in [1.54, 1.807) is 11.0 Å². The monoisotopic (exact) mass is 309 g/mol. The van der Waals surface area contributed by atoms with E-state index < -0.39 is 0 Å². The molecular formula is C18H19N3O2. The van der Waals surface area contributed by atoms with Crippen LogP contribution in [0.4, 0.5) is 11.4 Å². The Balaban J connectivity index is 1.70. The van der Waals surface area contributed by atoms with Gasteiger partial charge in [0.1, 0.15) is 5.56 Å². The third-order valence-corrected chi connectivity index (χ3v) is 4.67. The highest BCUT2D eigenvalue weighted by atomic mass is 16.2. The van der Waals surface area contributed by atoms with Gasteiger partial charge in [0, 0.05) is 25.8 Å². The lowest BCUT2D eigenvalue weighted by Gasteiger charge is -2.35. The number of pyridine rings is 1. The molecule has 4 rings (SSSR count). The smallest absolute Gasteiger partial charge is 0.263 e. The second kappa shape index (κ2) is 5.26. The van der Waals surface area contributed by atoms with Crippen molar-refractivity contribution in [3.05, 3.63) is 58.0 Å². The van der Waals surface area contributed by atoms with Crippen LogP contribution in [0.1, 0.15) is 34.8 Å². The molecule has 2 aliphatic rings. The fraction of sp³-hybridized carbons (Fsp3) is 0.333. The summed E-state index contributed by atoms with van der Waals surface area (Å²) in [7, 11) is 2.01. The van der Waals surface area contributed by atoms with Crippen molar-refractivity contribution < 1.29 is 4.79 Å². The van der Waals surface area contributed by atoms with Crippen LogP contribution in [0.3, 0.4) is 0 Å². The SMILES string of the molecule is CN1CCN(C(=O)c2ccc(C3CC3)[nH]c2=O)c2ccccc21. The largest absolute Gasteiger partial charge is 0.371 e. The first kappa shape index (κ1) is 14.1. The van der Waals surface area contributed by atoms with Crippen LogP contribution in [0.15, 0.2) is 41.2 Å². The lowest BCUT2D eigenvalue weighted by molar-refractivity contribution is 0.0985. The van der Waals surface area contributed by atoms with E-state index in [2.05, 4.69) is 9.88 Å². The molecule has 118 valence electrons. The summed E-state index contributed by atoms with van der Waals surface area (Å²) in [6, 6.07) is 11.4. The van der Waals surface area contributed by atoms with Crippen LogP contribution in [0.5, 0.6) is 0 Å². The van der Waals surface area contributed by atoms with Crippen LogP contribution in [0, 0.1) is 0 Å². The van der Waals surface area contributed by atoms with Crippen molar-refractivity contribution in [3.63, 3.8) is 0 Å². The van der Waals surface area contributed by atoms with Crippen molar-refractivity contribution in [2.75, 3.05) is 29.9 Å². The number of nitrogens with one attached hydrogen (secondary N) is 1. The van der Waals surface area contributed by atoms with Gasteiger partial charge in [0.05, 0.1) is 11.4 Å². The summed E-state index contributed by atoms with van der Waals surface area (Å²) in [6.45, 7) is 1.33. The molecule has 0 bridgehead atoms. The lowest BCUT2D eigenvalue weighted by atomic mass is 10.1. The number of fused-ring (bicyclic) bond motifs is 1. The standard InChI is InChI=1S/C18H19N3O2/c1-20-10-11-21(16-5-3-2-4-15(16)20)18(23)13-8-9-14(12-6-7-12)19-17(13)22/h2-5,8-9,12H,6-7,10-11H2,1H3,(H,19,22). The molecule has 1 amide bonds. The average Bonchev–Trinajstić information content (AvgIpc) is 3.40. The maximum atomic E-state index is 12.9. The number of carbonyl (C=O) groups is 1. The topological polar surface area (TPSA) is 56.4 Å².